The van der Waals surface area contributed by atoms with Crippen molar-refractivity contribution in [2.24, 2.45) is 7.05 Å². The summed E-state index contributed by atoms with van der Waals surface area (Å²) in [6.07, 6.45) is 5.24. The number of nitrogens with one attached hydrogen (secondary N) is 1. The van der Waals surface area contributed by atoms with Crippen molar-refractivity contribution in [2.45, 2.75) is 19.5 Å². The van der Waals surface area contributed by atoms with Gasteiger partial charge >= 0.3 is 0 Å². The molecule has 31 heavy (non-hydrogen) atoms. The van der Waals surface area contributed by atoms with Gasteiger partial charge in [0, 0.05) is 25.5 Å². The zero-order valence-electron chi connectivity index (χ0n) is 18.0. The average molecular weight is 419 g/mol. The summed E-state index contributed by atoms with van der Waals surface area (Å²) in [7, 11) is 5.09. The van der Waals surface area contributed by atoms with Crippen molar-refractivity contribution in [3.63, 3.8) is 0 Å². The summed E-state index contributed by atoms with van der Waals surface area (Å²) in [5.74, 6) is 1.82. The van der Waals surface area contributed by atoms with Crippen molar-refractivity contribution in [1.82, 2.24) is 24.4 Å². The first kappa shape index (κ1) is 20.5. The van der Waals surface area contributed by atoms with Crippen LogP contribution >= 0.6 is 0 Å². The minimum Gasteiger partial charge on any atom is -0.497 e. The average Bonchev–Trinajstić information content (AvgIpc) is 3.37. The highest BCUT2D eigenvalue weighted by molar-refractivity contribution is 5.81. The Labute approximate surface area is 180 Å². The lowest BCUT2D eigenvalue weighted by Crippen LogP contribution is -2.33. The molecule has 4 rings (SSSR count). The van der Waals surface area contributed by atoms with Crippen LogP contribution in [0.5, 0.6) is 11.5 Å². The van der Waals surface area contributed by atoms with Crippen LogP contribution in [0, 0.1) is 6.92 Å². The third kappa shape index (κ3) is 4.23. The van der Waals surface area contributed by atoms with E-state index in [0.717, 1.165) is 22.2 Å². The molecular formula is C23H25N5O3. The number of imidazole rings is 2. The summed E-state index contributed by atoms with van der Waals surface area (Å²) >= 11 is 0. The van der Waals surface area contributed by atoms with Gasteiger partial charge in [0.2, 0.25) is 5.91 Å². The van der Waals surface area contributed by atoms with Gasteiger partial charge in [-0.05, 0) is 42.3 Å². The smallest absolute Gasteiger partial charge is 0.240 e. The molecule has 2 aromatic heterocycles. The molecule has 1 atom stereocenters. The fourth-order valence-corrected chi connectivity index (χ4v) is 3.60. The van der Waals surface area contributed by atoms with Gasteiger partial charge in [0.15, 0.2) is 0 Å². The zero-order chi connectivity index (χ0) is 22.0. The molecule has 1 unspecified atom stereocenters. The first-order valence-electron chi connectivity index (χ1n) is 9.89. The van der Waals surface area contributed by atoms with Gasteiger partial charge in [-0.3, -0.25) is 4.79 Å². The van der Waals surface area contributed by atoms with Gasteiger partial charge < -0.3 is 23.9 Å². The van der Waals surface area contributed by atoms with E-state index in [1.54, 1.807) is 32.8 Å². The molecule has 0 fully saturated rings. The second-order valence-corrected chi connectivity index (χ2v) is 7.41. The lowest BCUT2D eigenvalue weighted by molar-refractivity contribution is -0.122. The van der Waals surface area contributed by atoms with Gasteiger partial charge in [-0.25, -0.2) is 9.97 Å². The maximum Gasteiger partial charge on any atom is 0.240 e. The molecule has 160 valence electrons. The monoisotopic (exact) mass is 419 g/mol. The third-order valence-electron chi connectivity index (χ3n) is 5.22. The van der Waals surface area contributed by atoms with Gasteiger partial charge in [-0.1, -0.05) is 6.07 Å². The van der Waals surface area contributed by atoms with E-state index in [4.69, 9.17) is 9.47 Å². The molecule has 0 bridgehead atoms. The summed E-state index contributed by atoms with van der Waals surface area (Å²) in [6.45, 7) is 2.16. The molecule has 0 spiro atoms. The Balaban J connectivity index is 1.66. The van der Waals surface area contributed by atoms with Crippen LogP contribution in [0.3, 0.4) is 0 Å². The van der Waals surface area contributed by atoms with E-state index in [1.165, 1.54) is 0 Å². The Kier molecular flexibility index (Phi) is 5.62. The molecule has 0 aliphatic carbocycles. The fourth-order valence-electron chi connectivity index (χ4n) is 3.60. The molecule has 0 aliphatic heterocycles. The second-order valence-electron chi connectivity index (χ2n) is 7.41. The number of carbonyl (C=O) groups is 1. The van der Waals surface area contributed by atoms with E-state index >= 15 is 0 Å². The molecule has 0 saturated heterocycles. The van der Waals surface area contributed by atoms with Crippen LogP contribution in [-0.4, -0.2) is 39.2 Å². The van der Waals surface area contributed by atoms with Crippen molar-refractivity contribution in [1.29, 1.82) is 0 Å². The molecule has 1 amide bonds. The van der Waals surface area contributed by atoms with Crippen molar-refractivity contribution in [3.05, 3.63) is 72.1 Å². The number of rotatable bonds is 7. The van der Waals surface area contributed by atoms with Crippen LogP contribution in [0.25, 0.3) is 11.0 Å². The summed E-state index contributed by atoms with van der Waals surface area (Å²) in [5, 5.41) is 3.11. The van der Waals surface area contributed by atoms with Crippen molar-refractivity contribution in [3.8, 4) is 11.5 Å². The molecule has 0 aliphatic rings. The SMILES string of the molecule is COc1cc(OC)cc(C(NC(=O)Cn2cnc3ccc(C)cc32)c2nccn2C)c1. The maximum atomic E-state index is 13.1. The van der Waals surface area contributed by atoms with Gasteiger partial charge in [0.1, 0.15) is 29.9 Å². The van der Waals surface area contributed by atoms with E-state index in [1.807, 2.05) is 59.6 Å². The molecule has 0 radical (unpaired) electrons. The lowest BCUT2D eigenvalue weighted by Gasteiger charge is -2.21. The molecule has 2 aromatic carbocycles. The predicted octanol–water partition coefficient (Wildman–Crippen LogP) is 3.00. The number of amides is 1. The Morgan fingerprint density at radius 3 is 2.48 bits per heavy atom. The van der Waals surface area contributed by atoms with Crippen LogP contribution in [0.15, 0.2) is 55.1 Å². The fraction of sp³-hybridized carbons (Fsp3) is 0.261. The number of ether oxygens (including phenoxy) is 2. The highest BCUT2D eigenvalue weighted by Crippen LogP contribution is 2.29. The molecule has 2 heterocycles. The number of aryl methyl sites for hydroxylation is 2. The minimum atomic E-state index is -0.479. The standard InChI is InChI=1S/C23H25N5O3/c1-15-5-6-19-20(9-15)28(14-25-19)13-21(29)26-22(23-24-7-8-27(23)2)16-10-17(30-3)12-18(11-16)31-4/h5-12,14,22H,13H2,1-4H3,(H,26,29). The number of carbonyl (C=O) groups excluding carboxylic acids is 1. The molecule has 4 aromatic rings. The first-order chi connectivity index (χ1) is 15.0. The van der Waals surface area contributed by atoms with Gasteiger partial charge in [-0.2, -0.15) is 0 Å². The second kappa shape index (κ2) is 8.51. The van der Waals surface area contributed by atoms with E-state index in [2.05, 4.69) is 15.3 Å². The third-order valence-corrected chi connectivity index (χ3v) is 5.22. The normalized spacial score (nSPS) is 12.0. The predicted molar refractivity (Wildman–Crippen MR) is 117 cm³/mol. The largest absolute Gasteiger partial charge is 0.497 e. The molecule has 8 nitrogen and oxygen atoms in total. The van der Waals surface area contributed by atoms with E-state index in [0.29, 0.717) is 17.3 Å². The summed E-state index contributed by atoms with van der Waals surface area (Å²) in [4.78, 5) is 21.9. The van der Waals surface area contributed by atoms with Gasteiger partial charge in [0.25, 0.3) is 0 Å². The number of fused-ring (bicyclic) bond motifs is 1. The number of hydrogen-bond donors (Lipinski definition) is 1. The first-order valence-corrected chi connectivity index (χ1v) is 9.89. The van der Waals surface area contributed by atoms with Crippen molar-refractivity contribution < 1.29 is 14.3 Å². The van der Waals surface area contributed by atoms with Crippen molar-refractivity contribution in [2.75, 3.05) is 14.2 Å². The lowest BCUT2D eigenvalue weighted by atomic mass is 10.0. The quantitative estimate of drug-likeness (QED) is 0.498. The van der Waals surface area contributed by atoms with E-state index in [9.17, 15) is 4.79 Å². The van der Waals surface area contributed by atoms with E-state index < -0.39 is 6.04 Å². The van der Waals surface area contributed by atoms with E-state index in [-0.39, 0.29) is 12.5 Å². The molecule has 8 heteroatoms. The Hall–Kier alpha value is -3.81. The van der Waals surface area contributed by atoms with Crippen molar-refractivity contribution >= 4 is 16.9 Å². The molecule has 1 N–H and O–H groups in total. The molecular weight excluding hydrogens is 394 g/mol. The zero-order valence-corrected chi connectivity index (χ0v) is 18.0. The summed E-state index contributed by atoms with van der Waals surface area (Å²) in [6, 6.07) is 11.1. The maximum absolute atomic E-state index is 13.1. The van der Waals surface area contributed by atoms with Crippen LogP contribution in [0.4, 0.5) is 0 Å². The topological polar surface area (TPSA) is 83.2 Å². The highest BCUT2D eigenvalue weighted by Gasteiger charge is 2.23. The Morgan fingerprint density at radius 2 is 1.84 bits per heavy atom. The summed E-state index contributed by atoms with van der Waals surface area (Å²) < 4.78 is 14.6. The van der Waals surface area contributed by atoms with Gasteiger partial charge in [0.05, 0.1) is 31.6 Å². The van der Waals surface area contributed by atoms with Crippen LogP contribution in [0.1, 0.15) is 23.0 Å². The van der Waals surface area contributed by atoms with Crippen LogP contribution in [0.2, 0.25) is 0 Å². The number of nitrogens with zero attached hydrogens (tertiary/aromatic N) is 4. The van der Waals surface area contributed by atoms with Gasteiger partial charge in [-0.15, -0.1) is 0 Å². The number of aromatic nitrogens is 4. The number of benzene rings is 2. The van der Waals surface area contributed by atoms with Crippen LogP contribution in [-0.2, 0) is 18.4 Å². The number of hydrogen-bond acceptors (Lipinski definition) is 5. The highest BCUT2D eigenvalue weighted by atomic mass is 16.5. The Bertz CT molecular complexity index is 1200. The Morgan fingerprint density at radius 1 is 1.10 bits per heavy atom. The number of methoxy groups -OCH3 is 2. The summed E-state index contributed by atoms with van der Waals surface area (Å²) in [5.41, 5.74) is 3.71. The molecule has 0 saturated carbocycles. The van der Waals surface area contributed by atoms with Crippen LogP contribution < -0.4 is 14.8 Å². The minimum absolute atomic E-state index is 0.141.